The van der Waals surface area contributed by atoms with Crippen molar-refractivity contribution in [3.8, 4) is 0 Å². The number of amides is 1. The molecular formula is C16H20N2O6. The molecule has 0 saturated heterocycles. The number of non-ortho nitro benzene ring substituents is 1. The van der Waals surface area contributed by atoms with E-state index in [1.54, 1.807) is 12.1 Å². The van der Waals surface area contributed by atoms with Gasteiger partial charge in [-0.25, -0.2) is 4.79 Å². The Balaban J connectivity index is 1.75. The van der Waals surface area contributed by atoms with Crippen LogP contribution in [0.15, 0.2) is 24.3 Å². The van der Waals surface area contributed by atoms with Crippen molar-refractivity contribution in [2.75, 3.05) is 6.73 Å². The molecule has 0 aromatic heterocycles. The van der Waals surface area contributed by atoms with Crippen LogP contribution in [-0.4, -0.2) is 28.8 Å². The van der Waals surface area contributed by atoms with Crippen LogP contribution in [0.2, 0.25) is 0 Å². The van der Waals surface area contributed by atoms with E-state index >= 15 is 0 Å². The van der Waals surface area contributed by atoms with E-state index in [1.165, 1.54) is 12.1 Å². The Morgan fingerprint density at radius 1 is 1.21 bits per heavy atom. The summed E-state index contributed by atoms with van der Waals surface area (Å²) in [5.41, 5.74) is 1.14. The zero-order valence-corrected chi connectivity index (χ0v) is 13.1. The molecule has 130 valence electrons. The molecule has 1 aliphatic rings. The SMILES string of the molecule is O=C(O)NCOC(=O)C1CCC(Cc2ccc([N+](=O)[O-])cc2)CC1. The van der Waals surface area contributed by atoms with Gasteiger partial charge in [0.1, 0.15) is 0 Å². The van der Waals surface area contributed by atoms with Gasteiger partial charge in [-0.15, -0.1) is 0 Å². The number of nitrogens with one attached hydrogen (secondary N) is 1. The molecular weight excluding hydrogens is 316 g/mol. The Hall–Kier alpha value is -2.64. The third kappa shape index (κ3) is 5.22. The zero-order valence-electron chi connectivity index (χ0n) is 13.1. The van der Waals surface area contributed by atoms with E-state index in [-0.39, 0.29) is 24.3 Å². The molecule has 8 heteroatoms. The molecule has 0 radical (unpaired) electrons. The molecule has 1 saturated carbocycles. The maximum Gasteiger partial charge on any atom is 0.407 e. The summed E-state index contributed by atoms with van der Waals surface area (Å²) in [6.45, 7) is -0.323. The summed E-state index contributed by atoms with van der Waals surface area (Å²) >= 11 is 0. The third-order valence-corrected chi connectivity index (χ3v) is 4.29. The van der Waals surface area contributed by atoms with Crippen LogP contribution in [0, 0.1) is 22.0 Å². The molecule has 2 rings (SSSR count). The minimum Gasteiger partial charge on any atom is -0.465 e. The smallest absolute Gasteiger partial charge is 0.407 e. The highest BCUT2D eigenvalue weighted by Gasteiger charge is 2.27. The van der Waals surface area contributed by atoms with Gasteiger partial charge in [0.2, 0.25) is 0 Å². The topological polar surface area (TPSA) is 119 Å². The van der Waals surface area contributed by atoms with Crippen LogP contribution < -0.4 is 5.32 Å². The molecule has 0 unspecified atom stereocenters. The predicted molar refractivity (Wildman–Crippen MR) is 84.4 cm³/mol. The Labute approximate surface area is 139 Å². The monoisotopic (exact) mass is 336 g/mol. The first-order chi connectivity index (χ1) is 11.5. The highest BCUT2D eigenvalue weighted by atomic mass is 16.6. The molecule has 1 fully saturated rings. The fourth-order valence-corrected chi connectivity index (χ4v) is 2.98. The normalized spacial score (nSPS) is 20.2. The summed E-state index contributed by atoms with van der Waals surface area (Å²) in [4.78, 5) is 32.3. The van der Waals surface area contributed by atoms with Gasteiger partial charge in [0.05, 0.1) is 10.8 Å². The summed E-state index contributed by atoms with van der Waals surface area (Å²) in [6.07, 6.45) is 2.79. The number of carboxylic acid groups (broad SMARTS) is 1. The number of esters is 1. The molecule has 8 nitrogen and oxygen atoms in total. The summed E-state index contributed by atoms with van der Waals surface area (Å²) in [7, 11) is 0. The summed E-state index contributed by atoms with van der Waals surface area (Å²) < 4.78 is 4.89. The molecule has 24 heavy (non-hydrogen) atoms. The Morgan fingerprint density at radius 2 is 1.83 bits per heavy atom. The van der Waals surface area contributed by atoms with Crippen molar-refractivity contribution >= 4 is 17.7 Å². The van der Waals surface area contributed by atoms with Crippen molar-refractivity contribution in [1.82, 2.24) is 5.32 Å². The average Bonchev–Trinajstić information content (AvgIpc) is 2.55. The quantitative estimate of drug-likeness (QED) is 0.357. The molecule has 1 aliphatic carbocycles. The first-order valence-corrected chi connectivity index (χ1v) is 7.82. The van der Waals surface area contributed by atoms with E-state index < -0.39 is 11.0 Å². The average molecular weight is 336 g/mol. The van der Waals surface area contributed by atoms with Crippen molar-refractivity contribution in [2.24, 2.45) is 11.8 Å². The van der Waals surface area contributed by atoms with E-state index in [0.29, 0.717) is 18.8 Å². The number of nitrogens with zero attached hydrogens (tertiary/aromatic N) is 1. The number of ether oxygens (including phenoxy) is 1. The summed E-state index contributed by atoms with van der Waals surface area (Å²) in [5.74, 6) is -0.112. The minimum atomic E-state index is -1.23. The third-order valence-electron chi connectivity index (χ3n) is 4.29. The highest BCUT2D eigenvalue weighted by molar-refractivity contribution is 5.73. The fraction of sp³-hybridized carbons (Fsp3) is 0.500. The zero-order chi connectivity index (χ0) is 17.5. The van der Waals surface area contributed by atoms with Gasteiger partial charge in [0.15, 0.2) is 6.73 Å². The molecule has 0 bridgehead atoms. The number of nitro groups is 1. The van der Waals surface area contributed by atoms with Crippen molar-refractivity contribution in [3.63, 3.8) is 0 Å². The predicted octanol–water partition coefficient (Wildman–Crippen LogP) is 2.71. The molecule has 1 amide bonds. The van der Waals surface area contributed by atoms with Gasteiger partial charge in [0, 0.05) is 12.1 Å². The number of carbonyl (C=O) groups excluding carboxylic acids is 1. The molecule has 0 heterocycles. The summed E-state index contributed by atoms with van der Waals surface area (Å²) in [6, 6.07) is 6.56. The van der Waals surface area contributed by atoms with Gasteiger partial charge in [-0.1, -0.05) is 12.1 Å². The van der Waals surface area contributed by atoms with Crippen LogP contribution in [0.1, 0.15) is 31.2 Å². The van der Waals surface area contributed by atoms with E-state index in [9.17, 15) is 19.7 Å². The van der Waals surface area contributed by atoms with Crippen LogP contribution in [0.3, 0.4) is 0 Å². The second-order valence-electron chi connectivity index (χ2n) is 5.93. The lowest BCUT2D eigenvalue weighted by Crippen LogP contribution is -2.30. The van der Waals surface area contributed by atoms with Gasteiger partial charge in [-0.3, -0.25) is 20.2 Å². The number of hydrogen-bond donors (Lipinski definition) is 2. The highest BCUT2D eigenvalue weighted by Crippen LogP contribution is 2.32. The van der Waals surface area contributed by atoms with Crippen molar-refractivity contribution < 1.29 is 24.4 Å². The minimum absolute atomic E-state index is 0.0835. The van der Waals surface area contributed by atoms with E-state index in [4.69, 9.17) is 9.84 Å². The second-order valence-corrected chi connectivity index (χ2v) is 5.93. The largest absolute Gasteiger partial charge is 0.465 e. The molecule has 2 N–H and O–H groups in total. The Bertz CT molecular complexity index is 593. The lowest BCUT2D eigenvalue weighted by atomic mass is 9.79. The fourth-order valence-electron chi connectivity index (χ4n) is 2.98. The van der Waals surface area contributed by atoms with Gasteiger partial charge in [-0.2, -0.15) is 0 Å². The molecule has 0 aliphatic heterocycles. The van der Waals surface area contributed by atoms with Crippen LogP contribution in [-0.2, 0) is 16.0 Å². The summed E-state index contributed by atoms with van der Waals surface area (Å²) in [5, 5.41) is 21.1. The number of benzene rings is 1. The van der Waals surface area contributed by atoms with Gasteiger partial charge < -0.3 is 9.84 Å². The molecule has 0 atom stereocenters. The standard InChI is InChI=1S/C16H20N2O6/c19-15(24-10-17-16(20)21)13-5-1-11(2-6-13)9-12-3-7-14(8-4-12)18(22)23/h3-4,7-8,11,13,17H,1-2,5-6,9-10H2,(H,20,21). The van der Waals surface area contributed by atoms with E-state index in [1.807, 2.05) is 5.32 Å². The first kappa shape index (κ1) is 17.7. The first-order valence-electron chi connectivity index (χ1n) is 7.82. The van der Waals surface area contributed by atoms with Crippen molar-refractivity contribution in [3.05, 3.63) is 39.9 Å². The van der Waals surface area contributed by atoms with Crippen molar-refractivity contribution in [1.29, 1.82) is 0 Å². The number of carbonyl (C=O) groups is 2. The second kappa shape index (κ2) is 8.28. The van der Waals surface area contributed by atoms with Gasteiger partial charge in [-0.05, 0) is 43.6 Å². The number of hydrogen-bond acceptors (Lipinski definition) is 5. The number of rotatable bonds is 6. The maximum absolute atomic E-state index is 11.8. The van der Waals surface area contributed by atoms with Crippen LogP contribution in [0.25, 0.3) is 0 Å². The van der Waals surface area contributed by atoms with Crippen LogP contribution in [0.5, 0.6) is 0 Å². The molecule has 1 aromatic carbocycles. The molecule has 1 aromatic rings. The lowest BCUT2D eigenvalue weighted by Gasteiger charge is -2.27. The van der Waals surface area contributed by atoms with E-state index in [0.717, 1.165) is 24.8 Å². The Morgan fingerprint density at radius 3 is 2.38 bits per heavy atom. The number of nitro benzene ring substituents is 1. The van der Waals surface area contributed by atoms with Gasteiger partial charge >= 0.3 is 12.1 Å². The van der Waals surface area contributed by atoms with Crippen LogP contribution in [0.4, 0.5) is 10.5 Å². The van der Waals surface area contributed by atoms with E-state index in [2.05, 4.69) is 0 Å². The molecule has 0 spiro atoms. The maximum atomic E-state index is 11.8. The lowest BCUT2D eigenvalue weighted by molar-refractivity contribution is -0.384. The van der Waals surface area contributed by atoms with Crippen LogP contribution >= 0.6 is 0 Å². The van der Waals surface area contributed by atoms with Gasteiger partial charge in [0.25, 0.3) is 5.69 Å². The Kier molecular flexibility index (Phi) is 6.11. The van der Waals surface area contributed by atoms with Crippen molar-refractivity contribution in [2.45, 2.75) is 32.1 Å².